The summed E-state index contributed by atoms with van der Waals surface area (Å²) in [5.74, 6) is 0.670. The number of sulfonamides is 1. The zero-order valence-electron chi connectivity index (χ0n) is 17.2. The number of nitrogens with zero attached hydrogens (tertiary/aromatic N) is 3. The van der Waals surface area contributed by atoms with Gasteiger partial charge in [-0.3, -0.25) is 4.99 Å². The van der Waals surface area contributed by atoms with Gasteiger partial charge in [0.05, 0.1) is 4.90 Å². The van der Waals surface area contributed by atoms with Crippen LogP contribution in [-0.4, -0.2) is 50.3 Å². The molecule has 0 amide bonds. The summed E-state index contributed by atoms with van der Waals surface area (Å²) in [4.78, 5) is 8.56. The SMILES string of the molecule is CN=C(NCCc1ccc(Cl)nc1)NCc1ccc(S(=O)(=O)N(C)C(C)C)cc1. The van der Waals surface area contributed by atoms with E-state index in [1.165, 1.54) is 4.31 Å². The van der Waals surface area contributed by atoms with Crippen LogP contribution in [0, 0.1) is 0 Å². The molecule has 0 radical (unpaired) electrons. The molecule has 2 aromatic rings. The van der Waals surface area contributed by atoms with Crippen molar-refractivity contribution in [2.75, 3.05) is 20.6 Å². The molecule has 0 aliphatic carbocycles. The van der Waals surface area contributed by atoms with Gasteiger partial charge < -0.3 is 10.6 Å². The number of hydrogen-bond donors (Lipinski definition) is 2. The number of aliphatic imine (C=N–C) groups is 1. The zero-order valence-corrected chi connectivity index (χ0v) is 18.8. The highest BCUT2D eigenvalue weighted by Crippen LogP contribution is 2.17. The standard InChI is InChI=1S/C20H28ClN5O2S/c1-15(2)26(4)29(27,28)18-8-5-16(6-9-18)14-25-20(22-3)23-12-11-17-7-10-19(21)24-13-17/h5-10,13,15H,11-12,14H2,1-4H3,(H2,22,23,25). The third-order valence-corrected chi connectivity index (χ3v) is 6.78. The molecule has 7 nitrogen and oxygen atoms in total. The molecule has 158 valence electrons. The maximum atomic E-state index is 12.5. The van der Waals surface area contributed by atoms with Crippen molar-refractivity contribution in [2.24, 2.45) is 4.99 Å². The summed E-state index contributed by atoms with van der Waals surface area (Å²) in [6.07, 6.45) is 2.55. The highest BCUT2D eigenvalue weighted by atomic mass is 35.5. The van der Waals surface area contributed by atoms with Crippen LogP contribution in [0.1, 0.15) is 25.0 Å². The summed E-state index contributed by atoms with van der Waals surface area (Å²) in [6, 6.07) is 10.5. The highest BCUT2D eigenvalue weighted by molar-refractivity contribution is 7.89. The van der Waals surface area contributed by atoms with Gasteiger partial charge >= 0.3 is 0 Å². The summed E-state index contributed by atoms with van der Waals surface area (Å²) < 4.78 is 26.4. The van der Waals surface area contributed by atoms with E-state index in [-0.39, 0.29) is 10.9 Å². The molecule has 2 rings (SSSR count). The van der Waals surface area contributed by atoms with Crippen LogP contribution in [0.25, 0.3) is 0 Å². The van der Waals surface area contributed by atoms with Gasteiger partial charge in [0.25, 0.3) is 0 Å². The van der Waals surface area contributed by atoms with Crippen LogP contribution in [0.4, 0.5) is 0 Å². The lowest BCUT2D eigenvalue weighted by molar-refractivity contribution is 0.410. The fourth-order valence-corrected chi connectivity index (χ4v) is 3.99. The Morgan fingerprint density at radius 3 is 2.34 bits per heavy atom. The molecule has 0 unspecified atom stereocenters. The van der Waals surface area contributed by atoms with Crippen molar-refractivity contribution in [1.82, 2.24) is 19.9 Å². The van der Waals surface area contributed by atoms with E-state index in [1.54, 1.807) is 50.6 Å². The Morgan fingerprint density at radius 1 is 1.14 bits per heavy atom. The Kier molecular flexibility index (Phi) is 8.43. The van der Waals surface area contributed by atoms with Crippen LogP contribution in [0.3, 0.4) is 0 Å². The summed E-state index contributed by atoms with van der Waals surface area (Å²) >= 11 is 5.79. The molecule has 1 aromatic carbocycles. The van der Waals surface area contributed by atoms with E-state index in [9.17, 15) is 8.42 Å². The number of guanidine groups is 1. The second-order valence-electron chi connectivity index (χ2n) is 6.85. The van der Waals surface area contributed by atoms with Crippen molar-refractivity contribution < 1.29 is 8.42 Å². The van der Waals surface area contributed by atoms with E-state index in [4.69, 9.17) is 11.6 Å². The molecule has 0 bridgehead atoms. The Hall–Kier alpha value is -2.16. The smallest absolute Gasteiger partial charge is 0.243 e. The Balaban J connectivity index is 1.87. The summed E-state index contributed by atoms with van der Waals surface area (Å²) in [6.45, 7) is 4.92. The minimum atomic E-state index is -3.47. The molecular weight excluding hydrogens is 410 g/mol. The predicted molar refractivity (Wildman–Crippen MR) is 118 cm³/mol. The van der Waals surface area contributed by atoms with Gasteiger partial charge in [0.2, 0.25) is 10.0 Å². The maximum absolute atomic E-state index is 12.5. The van der Waals surface area contributed by atoms with Gasteiger partial charge in [0, 0.05) is 39.4 Å². The second kappa shape index (κ2) is 10.6. The molecular formula is C20H28ClN5O2S. The zero-order chi connectivity index (χ0) is 21.4. The summed E-state index contributed by atoms with van der Waals surface area (Å²) in [5.41, 5.74) is 2.04. The fourth-order valence-electron chi connectivity index (χ4n) is 2.51. The van der Waals surface area contributed by atoms with Gasteiger partial charge in [-0.05, 0) is 49.6 Å². The first kappa shape index (κ1) is 23.1. The van der Waals surface area contributed by atoms with Gasteiger partial charge in [0.1, 0.15) is 5.15 Å². The number of halogens is 1. The Morgan fingerprint density at radius 2 is 1.79 bits per heavy atom. The lowest BCUT2D eigenvalue weighted by Gasteiger charge is -2.21. The average Bonchev–Trinajstić information content (AvgIpc) is 2.71. The Bertz CT molecular complexity index is 913. The van der Waals surface area contributed by atoms with E-state index in [0.717, 1.165) is 17.5 Å². The number of pyridine rings is 1. The van der Waals surface area contributed by atoms with Crippen molar-refractivity contribution in [2.45, 2.75) is 37.8 Å². The van der Waals surface area contributed by atoms with Crippen LogP contribution >= 0.6 is 11.6 Å². The Labute approximate surface area is 178 Å². The number of hydrogen-bond acceptors (Lipinski definition) is 4. The molecule has 0 aliphatic heterocycles. The number of benzene rings is 1. The van der Waals surface area contributed by atoms with E-state index in [2.05, 4.69) is 20.6 Å². The van der Waals surface area contributed by atoms with Crippen molar-refractivity contribution in [3.63, 3.8) is 0 Å². The molecule has 29 heavy (non-hydrogen) atoms. The number of rotatable bonds is 8. The number of nitrogens with one attached hydrogen (secondary N) is 2. The first-order chi connectivity index (χ1) is 13.7. The first-order valence-electron chi connectivity index (χ1n) is 9.36. The predicted octanol–water partition coefficient (Wildman–Crippen LogP) is 2.67. The van der Waals surface area contributed by atoms with Gasteiger partial charge in [-0.1, -0.05) is 29.8 Å². The minimum Gasteiger partial charge on any atom is -0.356 e. The largest absolute Gasteiger partial charge is 0.356 e. The lowest BCUT2D eigenvalue weighted by Crippen LogP contribution is -2.37. The van der Waals surface area contributed by atoms with Crippen LogP contribution in [-0.2, 0) is 23.0 Å². The topological polar surface area (TPSA) is 86.7 Å². The van der Waals surface area contributed by atoms with E-state index < -0.39 is 10.0 Å². The molecule has 1 aromatic heterocycles. The second-order valence-corrected chi connectivity index (χ2v) is 9.24. The van der Waals surface area contributed by atoms with Crippen LogP contribution in [0.5, 0.6) is 0 Å². The van der Waals surface area contributed by atoms with E-state index >= 15 is 0 Å². The van der Waals surface area contributed by atoms with Crippen molar-refractivity contribution >= 4 is 27.6 Å². The van der Waals surface area contributed by atoms with E-state index in [1.807, 2.05) is 19.9 Å². The molecule has 0 spiro atoms. The molecule has 0 saturated carbocycles. The molecule has 1 heterocycles. The third kappa shape index (κ3) is 6.69. The molecule has 9 heteroatoms. The highest BCUT2D eigenvalue weighted by Gasteiger charge is 2.22. The van der Waals surface area contributed by atoms with Gasteiger partial charge in [-0.2, -0.15) is 4.31 Å². The third-order valence-electron chi connectivity index (χ3n) is 4.51. The average molecular weight is 438 g/mol. The van der Waals surface area contributed by atoms with Crippen LogP contribution < -0.4 is 10.6 Å². The van der Waals surface area contributed by atoms with Crippen LogP contribution in [0.15, 0.2) is 52.5 Å². The summed E-state index contributed by atoms with van der Waals surface area (Å²) in [5, 5.41) is 6.94. The van der Waals surface area contributed by atoms with Crippen molar-refractivity contribution in [3.8, 4) is 0 Å². The molecule has 0 fully saturated rings. The molecule has 0 atom stereocenters. The molecule has 0 aliphatic rings. The first-order valence-corrected chi connectivity index (χ1v) is 11.2. The normalized spacial score (nSPS) is 12.4. The van der Waals surface area contributed by atoms with Crippen LogP contribution in [0.2, 0.25) is 5.15 Å². The van der Waals surface area contributed by atoms with Gasteiger partial charge in [-0.25, -0.2) is 13.4 Å². The fraction of sp³-hybridized carbons (Fsp3) is 0.400. The molecule has 0 saturated heterocycles. The minimum absolute atomic E-state index is 0.0978. The van der Waals surface area contributed by atoms with E-state index in [0.29, 0.717) is 24.2 Å². The number of aromatic nitrogens is 1. The quantitative estimate of drug-likeness (QED) is 0.376. The maximum Gasteiger partial charge on any atom is 0.243 e. The lowest BCUT2D eigenvalue weighted by atomic mass is 10.2. The van der Waals surface area contributed by atoms with Gasteiger partial charge in [0.15, 0.2) is 5.96 Å². The molecule has 2 N–H and O–H groups in total. The van der Waals surface area contributed by atoms with Crippen molar-refractivity contribution in [1.29, 1.82) is 0 Å². The summed E-state index contributed by atoms with van der Waals surface area (Å²) in [7, 11) is -0.175. The monoisotopic (exact) mass is 437 g/mol. The van der Waals surface area contributed by atoms with Crippen molar-refractivity contribution in [3.05, 3.63) is 58.9 Å². The van der Waals surface area contributed by atoms with Gasteiger partial charge in [-0.15, -0.1) is 0 Å².